The van der Waals surface area contributed by atoms with Gasteiger partial charge < -0.3 is 4.90 Å². The molecular weight excluding hydrogens is 252 g/mol. The average molecular weight is 268 g/mol. The number of carbonyl (C=O) groups is 2. The van der Waals surface area contributed by atoms with Crippen molar-refractivity contribution in [3.05, 3.63) is 41.6 Å². The van der Waals surface area contributed by atoms with E-state index in [1.54, 1.807) is 11.1 Å². The Kier molecular flexibility index (Phi) is 3.22. The van der Waals surface area contributed by atoms with Crippen molar-refractivity contribution in [1.82, 2.24) is 9.88 Å². The lowest BCUT2D eigenvalue weighted by atomic mass is 10.1. The molecule has 0 N–H and O–H groups in total. The predicted molar refractivity (Wildman–Crippen MR) is 76.6 cm³/mol. The number of ketones is 1. The van der Waals surface area contributed by atoms with Crippen molar-refractivity contribution in [2.75, 3.05) is 13.1 Å². The van der Waals surface area contributed by atoms with Gasteiger partial charge in [0.05, 0.1) is 11.1 Å². The lowest BCUT2D eigenvalue weighted by Crippen LogP contribution is -2.38. The Bertz CT molecular complexity index is 684. The largest absolute Gasteiger partial charge is 0.338 e. The number of pyridine rings is 1. The normalized spacial score (nSPS) is 15.7. The molecule has 0 bridgehead atoms. The highest BCUT2D eigenvalue weighted by atomic mass is 16.2. The summed E-state index contributed by atoms with van der Waals surface area (Å²) in [6.45, 7) is 3.05. The third-order valence-electron chi connectivity index (χ3n) is 3.69. The molecule has 1 aliphatic rings. The van der Waals surface area contributed by atoms with Crippen LogP contribution in [0.15, 0.2) is 30.5 Å². The van der Waals surface area contributed by atoms with Crippen LogP contribution in [0.3, 0.4) is 0 Å². The fourth-order valence-corrected chi connectivity index (χ4v) is 2.51. The van der Waals surface area contributed by atoms with E-state index in [-0.39, 0.29) is 11.7 Å². The number of amides is 1. The molecule has 2 heterocycles. The highest BCUT2D eigenvalue weighted by Gasteiger charge is 2.22. The molecule has 0 saturated carbocycles. The van der Waals surface area contributed by atoms with Gasteiger partial charge in [0.1, 0.15) is 5.78 Å². The summed E-state index contributed by atoms with van der Waals surface area (Å²) in [7, 11) is 0. The minimum Gasteiger partial charge on any atom is -0.338 e. The van der Waals surface area contributed by atoms with Gasteiger partial charge in [-0.2, -0.15) is 0 Å². The number of piperidine rings is 1. The maximum absolute atomic E-state index is 12.4. The summed E-state index contributed by atoms with van der Waals surface area (Å²) < 4.78 is 0. The molecule has 4 nitrogen and oxygen atoms in total. The number of nitrogens with zero attached hydrogens (tertiary/aromatic N) is 2. The fourth-order valence-electron chi connectivity index (χ4n) is 2.51. The maximum atomic E-state index is 12.4. The molecule has 1 aromatic heterocycles. The van der Waals surface area contributed by atoms with Crippen LogP contribution in [-0.2, 0) is 4.79 Å². The maximum Gasteiger partial charge on any atom is 0.255 e. The van der Waals surface area contributed by atoms with Gasteiger partial charge in [-0.15, -0.1) is 0 Å². The number of likely N-dealkylation sites (tertiary alicyclic amines) is 1. The van der Waals surface area contributed by atoms with Crippen LogP contribution in [0.2, 0.25) is 0 Å². The SMILES string of the molecule is Cc1ccc2ncc(C(=O)N3CCC(=O)CC3)cc2c1. The second-order valence-electron chi connectivity index (χ2n) is 5.25. The molecule has 0 spiro atoms. The van der Waals surface area contributed by atoms with Crippen molar-refractivity contribution in [1.29, 1.82) is 0 Å². The number of carbonyl (C=O) groups excluding carboxylic acids is 2. The quantitative estimate of drug-likeness (QED) is 0.797. The molecule has 1 amide bonds. The van der Waals surface area contributed by atoms with Crippen LogP contribution in [0.1, 0.15) is 28.8 Å². The lowest BCUT2D eigenvalue weighted by molar-refractivity contribution is -0.120. The minimum atomic E-state index is -0.0339. The summed E-state index contributed by atoms with van der Waals surface area (Å²) in [4.78, 5) is 29.7. The monoisotopic (exact) mass is 268 g/mol. The first-order valence-electron chi connectivity index (χ1n) is 6.81. The van der Waals surface area contributed by atoms with Gasteiger partial charge in [0.15, 0.2) is 0 Å². The highest BCUT2D eigenvalue weighted by molar-refractivity contribution is 5.98. The first-order chi connectivity index (χ1) is 9.63. The lowest BCUT2D eigenvalue weighted by Gasteiger charge is -2.26. The number of hydrogen-bond acceptors (Lipinski definition) is 3. The zero-order valence-corrected chi connectivity index (χ0v) is 11.4. The van der Waals surface area contributed by atoms with Crippen LogP contribution in [0.25, 0.3) is 10.9 Å². The number of Topliss-reactive ketones (excluding diaryl/α,β-unsaturated/α-hetero) is 1. The fraction of sp³-hybridized carbons (Fsp3) is 0.312. The number of aryl methyl sites for hydroxylation is 1. The number of benzene rings is 1. The zero-order valence-electron chi connectivity index (χ0n) is 11.4. The van der Waals surface area contributed by atoms with E-state index >= 15 is 0 Å². The van der Waals surface area contributed by atoms with Crippen molar-refractivity contribution in [2.45, 2.75) is 19.8 Å². The van der Waals surface area contributed by atoms with E-state index in [9.17, 15) is 9.59 Å². The molecule has 4 heteroatoms. The number of aromatic nitrogens is 1. The second kappa shape index (κ2) is 5.04. The molecule has 0 radical (unpaired) electrons. The first kappa shape index (κ1) is 12.8. The van der Waals surface area contributed by atoms with Gasteiger partial charge in [-0.3, -0.25) is 14.6 Å². The smallest absolute Gasteiger partial charge is 0.255 e. The van der Waals surface area contributed by atoms with E-state index in [4.69, 9.17) is 0 Å². The molecule has 3 rings (SSSR count). The minimum absolute atomic E-state index is 0.0339. The molecule has 1 fully saturated rings. The first-order valence-corrected chi connectivity index (χ1v) is 6.81. The number of hydrogen-bond donors (Lipinski definition) is 0. The van der Waals surface area contributed by atoms with Crippen LogP contribution in [0.4, 0.5) is 0 Å². The zero-order chi connectivity index (χ0) is 14.1. The van der Waals surface area contributed by atoms with Crippen LogP contribution >= 0.6 is 0 Å². The second-order valence-corrected chi connectivity index (χ2v) is 5.25. The van der Waals surface area contributed by atoms with Crippen molar-refractivity contribution in [3.8, 4) is 0 Å². The molecule has 0 unspecified atom stereocenters. The van der Waals surface area contributed by atoms with Gasteiger partial charge in [0.2, 0.25) is 0 Å². The van der Waals surface area contributed by atoms with Crippen molar-refractivity contribution < 1.29 is 9.59 Å². The van der Waals surface area contributed by atoms with Gasteiger partial charge >= 0.3 is 0 Å². The predicted octanol–water partition coefficient (Wildman–Crippen LogP) is 2.35. The van der Waals surface area contributed by atoms with Crippen molar-refractivity contribution in [3.63, 3.8) is 0 Å². The Morgan fingerprint density at radius 3 is 2.70 bits per heavy atom. The Hall–Kier alpha value is -2.23. The highest BCUT2D eigenvalue weighted by Crippen LogP contribution is 2.17. The summed E-state index contributed by atoms with van der Waals surface area (Å²) in [6.07, 6.45) is 2.55. The van der Waals surface area contributed by atoms with E-state index in [2.05, 4.69) is 4.98 Å². The summed E-state index contributed by atoms with van der Waals surface area (Å²) in [6, 6.07) is 7.87. The average Bonchev–Trinajstić information content (AvgIpc) is 2.46. The molecule has 20 heavy (non-hydrogen) atoms. The van der Waals surface area contributed by atoms with Crippen LogP contribution in [0.5, 0.6) is 0 Å². The van der Waals surface area contributed by atoms with Crippen LogP contribution in [-0.4, -0.2) is 34.7 Å². The standard InChI is InChI=1S/C16H16N2O2/c1-11-2-3-15-12(8-11)9-13(10-17-15)16(20)18-6-4-14(19)5-7-18/h2-3,8-10H,4-7H2,1H3. The van der Waals surface area contributed by atoms with Crippen molar-refractivity contribution >= 4 is 22.6 Å². The van der Waals surface area contributed by atoms with Gasteiger partial charge in [0, 0.05) is 37.5 Å². The van der Waals surface area contributed by atoms with Crippen LogP contribution in [0, 0.1) is 6.92 Å². The van der Waals surface area contributed by atoms with Gasteiger partial charge in [0.25, 0.3) is 5.91 Å². The Morgan fingerprint density at radius 1 is 1.20 bits per heavy atom. The topological polar surface area (TPSA) is 50.3 Å². The molecule has 0 atom stereocenters. The van der Waals surface area contributed by atoms with E-state index in [1.165, 1.54) is 0 Å². The van der Waals surface area contributed by atoms with Gasteiger partial charge in [-0.05, 0) is 25.1 Å². The molecule has 1 aliphatic heterocycles. The summed E-state index contributed by atoms with van der Waals surface area (Å²) in [5.41, 5.74) is 2.63. The number of rotatable bonds is 1. The summed E-state index contributed by atoms with van der Waals surface area (Å²) >= 11 is 0. The van der Waals surface area contributed by atoms with Gasteiger partial charge in [-0.1, -0.05) is 11.6 Å². The van der Waals surface area contributed by atoms with E-state index < -0.39 is 0 Å². The van der Waals surface area contributed by atoms with E-state index in [0.717, 1.165) is 16.5 Å². The Labute approximate surface area is 117 Å². The van der Waals surface area contributed by atoms with Crippen LogP contribution < -0.4 is 0 Å². The molecule has 102 valence electrons. The Morgan fingerprint density at radius 2 is 1.95 bits per heavy atom. The summed E-state index contributed by atoms with van der Waals surface area (Å²) in [5, 5.41) is 0.976. The molecular formula is C16H16N2O2. The third-order valence-corrected chi connectivity index (χ3v) is 3.69. The molecule has 2 aromatic rings. The van der Waals surface area contributed by atoms with Crippen molar-refractivity contribution in [2.24, 2.45) is 0 Å². The summed E-state index contributed by atoms with van der Waals surface area (Å²) in [5.74, 6) is 0.203. The Balaban J connectivity index is 1.89. The van der Waals surface area contributed by atoms with E-state index in [0.29, 0.717) is 31.5 Å². The van der Waals surface area contributed by atoms with E-state index in [1.807, 2.05) is 31.2 Å². The third kappa shape index (κ3) is 2.41. The number of fused-ring (bicyclic) bond motifs is 1. The molecule has 1 saturated heterocycles. The molecule has 0 aliphatic carbocycles. The van der Waals surface area contributed by atoms with Gasteiger partial charge in [-0.25, -0.2) is 0 Å². The molecule has 1 aromatic carbocycles.